The third-order valence-corrected chi connectivity index (χ3v) is 3.25. The van der Waals surface area contributed by atoms with E-state index in [0.29, 0.717) is 4.47 Å². The van der Waals surface area contributed by atoms with Crippen molar-refractivity contribution in [3.63, 3.8) is 0 Å². The molecule has 0 saturated carbocycles. The van der Waals surface area contributed by atoms with Crippen LogP contribution in [0.4, 0.5) is 17.2 Å². The van der Waals surface area contributed by atoms with E-state index in [4.69, 9.17) is 0 Å². The summed E-state index contributed by atoms with van der Waals surface area (Å²) in [7, 11) is 0. The molecule has 20 heavy (non-hydrogen) atoms. The number of para-hydroxylation sites is 1. The predicted molar refractivity (Wildman–Crippen MR) is 82.3 cm³/mol. The van der Waals surface area contributed by atoms with Gasteiger partial charge in [0.2, 0.25) is 5.82 Å². The maximum atomic E-state index is 11.1. The van der Waals surface area contributed by atoms with Crippen LogP contribution in [0.1, 0.15) is 18.9 Å². The molecule has 0 atom stereocenters. The molecule has 1 aromatic carbocycles. The minimum Gasteiger partial charge on any atom is -0.334 e. The van der Waals surface area contributed by atoms with Crippen molar-refractivity contribution >= 4 is 33.1 Å². The Labute approximate surface area is 125 Å². The monoisotopic (exact) mass is 335 g/mol. The van der Waals surface area contributed by atoms with Gasteiger partial charge in [0.15, 0.2) is 0 Å². The molecule has 0 unspecified atom stereocenters. The van der Waals surface area contributed by atoms with Crippen LogP contribution < -0.4 is 5.32 Å². The van der Waals surface area contributed by atoms with Gasteiger partial charge >= 0.3 is 5.69 Å². The molecule has 0 saturated heterocycles. The lowest BCUT2D eigenvalue weighted by Crippen LogP contribution is -2.01. The van der Waals surface area contributed by atoms with Crippen molar-refractivity contribution in [2.75, 3.05) is 5.32 Å². The number of anilines is 2. The SMILES string of the molecule is CCCc1ccccc1Nc1ncc(Br)cc1[N+](=O)[O-]. The lowest BCUT2D eigenvalue weighted by molar-refractivity contribution is -0.384. The van der Waals surface area contributed by atoms with Crippen LogP contribution in [-0.2, 0) is 6.42 Å². The molecule has 0 fully saturated rings. The third kappa shape index (κ3) is 3.33. The molecule has 0 radical (unpaired) electrons. The number of rotatable bonds is 5. The van der Waals surface area contributed by atoms with Crippen LogP contribution in [0, 0.1) is 10.1 Å². The second-order valence-electron chi connectivity index (χ2n) is 4.31. The normalized spacial score (nSPS) is 10.3. The molecule has 2 rings (SSSR count). The van der Waals surface area contributed by atoms with Gasteiger partial charge in [-0.15, -0.1) is 0 Å². The largest absolute Gasteiger partial charge is 0.334 e. The molecule has 5 nitrogen and oxygen atoms in total. The van der Waals surface area contributed by atoms with E-state index in [0.717, 1.165) is 24.1 Å². The summed E-state index contributed by atoms with van der Waals surface area (Å²) in [6, 6.07) is 9.21. The number of nitrogens with one attached hydrogen (secondary N) is 1. The van der Waals surface area contributed by atoms with Crippen LogP contribution in [-0.4, -0.2) is 9.91 Å². The van der Waals surface area contributed by atoms with Crippen molar-refractivity contribution in [1.82, 2.24) is 4.98 Å². The Morgan fingerprint density at radius 3 is 2.85 bits per heavy atom. The van der Waals surface area contributed by atoms with Crippen molar-refractivity contribution in [3.8, 4) is 0 Å². The highest BCUT2D eigenvalue weighted by Gasteiger charge is 2.16. The number of aryl methyl sites for hydroxylation is 1. The fourth-order valence-corrected chi connectivity index (χ4v) is 2.24. The number of aromatic nitrogens is 1. The Balaban J connectivity index is 2.37. The summed E-state index contributed by atoms with van der Waals surface area (Å²) >= 11 is 3.19. The molecular formula is C14H14BrN3O2. The van der Waals surface area contributed by atoms with Gasteiger partial charge in [0.05, 0.1) is 4.92 Å². The molecule has 104 valence electrons. The minimum atomic E-state index is -0.442. The quantitative estimate of drug-likeness (QED) is 0.647. The van der Waals surface area contributed by atoms with Crippen LogP contribution in [0.2, 0.25) is 0 Å². The average Bonchev–Trinajstić information content (AvgIpc) is 2.43. The molecule has 6 heteroatoms. The highest BCUT2D eigenvalue weighted by molar-refractivity contribution is 9.10. The van der Waals surface area contributed by atoms with Crippen molar-refractivity contribution in [1.29, 1.82) is 0 Å². The van der Waals surface area contributed by atoms with E-state index >= 15 is 0 Å². The zero-order valence-electron chi connectivity index (χ0n) is 11.0. The molecule has 1 heterocycles. The number of hydrogen-bond donors (Lipinski definition) is 1. The summed E-state index contributed by atoms with van der Waals surface area (Å²) in [6.45, 7) is 2.09. The van der Waals surface area contributed by atoms with E-state index in [1.54, 1.807) is 0 Å². The van der Waals surface area contributed by atoms with Gasteiger partial charge in [0.25, 0.3) is 0 Å². The van der Waals surface area contributed by atoms with E-state index in [9.17, 15) is 10.1 Å². The van der Waals surface area contributed by atoms with Crippen molar-refractivity contribution < 1.29 is 4.92 Å². The lowest BCUT2D eigenvalue weighted by atomic mass is 10.1. The Morgan fingerprint density at radius 1 is 1.40 bits per heavy atom. The summed E-state index contributed by atoms with van der Waals surface area (Å²) in [5.41, 5.74) is 1.92. The standard InChI is InChI=1S/C14H14BrN3O2/c1-2-5-10-6-3-4-7-12(10)17-14-13(18(19)20)8-11(15)9-16-14/h3-4,6-9H,2,5H2,1H3,(H,16,17). The topological polar surface area (TPSA) is 68.1 Å². The molecule has 1 aromatic heterocycles. The van der Waals surface area contributed by atoms with Crippen LogP contribution in [0.5, 0.6) is 0 Å². The smallest absolute Gasteiger partial charge is 0.312 e. The molecular weight excluding hydrogens is 322 g/mol. The molecule has 0 bridgehead atoms. The number of benzene rings is 1. The molecule has 1 N–H and O–H groups in total. The van der Waals surface area contributed by atoms with Gasteiger partial charge in [-0.05, 0) is 34.0 Å². The summed E-state index contributed by atoms with van der Waals surface area (Å²) in [4.78, 5) is 14.7. The Bertz CT molecular complexity index is 632. The molecule has 0 aliphatic rings. The first-order chi connectivity index (χ1) is 9.61. The maximum Gasteiger partial charge on any atom is 0.312 e. The highest BCUT2D eigenvalue weighted by Crippen LogP contribution is 2.29. The molecule has 0 amide bonds. The zero-order chi connectivity index (χ0) is 14.5. The Morgan fingerprint density at radius 2 is 2.15 bits per heavy atom. The van der Waals surface area contributed by atoms with Crippen LogP contribution in [0.25, 0.3) is 0 Å². The van der Waals surface area contributed by atoms with Crippen molar-refractivity contribution in [2.24, 2.45) is 0 Å². The lowest BCUT2D eigenvalue weighted by Gasteiger charge is -2.11. The van der Waals surface area contributed by atoms with Gasteiger partial charge in [0.1, 0.15) is 0 Å². The number of nitro groups is 1. The zero-order valence-corrected chi connectivity index (χ0v) is 12.6. The van der Waals surface area contributed by atoms with Crippen molar-refractivity contribution in [2.45, 2.75) is 19.8 Å². The van der Waals surface area contributed by atoms with Gasteiger partial charge < -0.3 is 5.32 Å². The van der Waals surface area contributed by atoms with Gasteiger partial charge in [0, 0.05) is 22.4 Å². The van der Waals surface area contributed by atoms with Crippen molar-refractivity contribution in [3.05, 3.63) is 56.7 Å². The summed E-state index contributed by atoms with van der Waals surface area (Å²) in [6.07, 6.45) is 3.46. The van der Waals surface area contributed by atoms with E-state index in [1.807, 2.05) is 24.3 Å². The molecule has 0 aliphatic heterocycles. The highest BCUT2D eigenvalue weighted by atomic mass is 79.9. The second kappa shape index (κ2) is 6.47. The van der Waals surface area contributed by atoms with Gasteiger partial charge in [-0.3, -0.25) is 10.1 Å². The van der Waals surface area contributed by atoms with Crippen LogP contribution in [0.15, 0.2) is 41.0 Å². The summed E-state index contributed by atoms with van der Waals surface area (Å²) in [5, 5.41) is 14.1. The average molecular weight is 336 g/mol. The van der Waals surface area contributed by atoms with Gasteiger partial charge in [-0.1, -0.05) is 31.5 Å². The number of halogens is 1. The van der Waals surface area contributed by atoms with E-state index in [-0.39, 0.29) is 11.5 Å². The summed E-state index contributed by atoms with van der Waals surface area (Å²) in [5.74, 6) is 0.252. The van der Waals surface area contributed by atoms with Gasteiger partial charge in [-0.25, -0.2) is 4.98 Å². The van der Waals surface area contributed by atoms with E-state index in [2.05, 4.69) is 33.2 Å². The third-order valence-electron chi connectivity index (χ3n) is 2.82. The molecule has 0 aliphatic carbocycles. The van der Waals surface area contributed by atoms with Gasteiger partial charge in [-0.2, -0.15) is 0 Å². The number of nitrogens with zero attached hydrogens (tertiary/aromatic N) is 2. The Hall–Kier alpha value is -1.95. The molecule has 2 aromatic rings. The number of hydrogen-bond acceptors (Lipinski definition) is 4. The fraction of sp³-hybridized carbons (Fsp3) is 0.214. The summed E-state index contributed by atoms with van der Waals surface area (Å²) < 4.78 is 0.580. The fourth-order valence-electron chi connectivity index (χ4n) is 1.92. The first-order valence-electron chi connectivity index (χ1n) is 6.26. The predicted octanol–water partition coefficient (Wildman–Crippen LogP) is 4.45. The Kier molecular flexibility index (Phi) is 4.68. The maximum absolute atomic E-state index is 11.1. The minimum absolute atomic E-state index is 0.0503. The first kappa shape index (κ1) is 14.5. The second-order valence-corrected chi connectivity index (χ2v) is 5.23. The van der Waals surface area contributed by atoms with E-state index in [1.165, 1.54) is 12.3 Å². The molecule has 0 spiro atoms. The van der Waals surface area contributed by atoms with Crippen LogP contribution in [0.3, 0.4) is 0 Å². The first-order valence-corrected chi connectivity index (χ1v) is 7.06. The van der Waals surface area contributed by atoms with E-state index < -0.39 is 4.92 Å². The van der Waals surface area contributed by atoms with Crippen LogP contribution >= 0.6 is 15.9 Å². The number of pyridine rings is 1.